The topological polar surface area (TPSA) is 49.3 Å². The Hall–Kier alpha value is -0.870. The van der Waals surface area contributed by atoms with Crippen LogP contribution in [0.3, 0.4) is 0 Å². The molecule has 4 heteroatoms. The van der Waals surface area contributed by atoms with Crippen LogP contribution in [0.5, 0.6) is 0 Å². The van der Waals surface area contributed by atoms with Gasteiger partial charge in [-0.3, -0.25) is 4.79 Å². The van der Waals surface area contributed by atoms with Crippen LogP contribution >= 0.6 is 11.3 Å². The molecule has 1 amide bonds. The summed E-state index contributed by atoms with van der Waals surface area (Å²) in [7, 11) is 0. The van der Waals surface area contributed by atoms with Crippen molar-refractivity contribution in [1.29, 1.82) is 0 Å². The zero-order valence-electron chi connectivity index (χ0n) is 10.3. The standard InChI is InChI=1S/C13H21NO2S/c1-2-11(8-9-15)14-13(16)7-3-5-12-6-4-10-17-12/h4,6,10-11,15H,2-3,5,7-9H2,1H3,(H,14,16). The van der Waals surface area contributed by atoms with E-state index in [4.69, 9.17) is 5.11 Å². The quantitative estimate of drug-likeness (QED) is 0.749. The van der Waals surface area contributed by atoms with Gasteiger partial charge in [0.2, 0.25) is 5.91 Å². The lowest BCUT2D eigenvalue weighted by atomic mass is 10.1. The second kappa shape index (κ2) is 8.25. The maximum atomic E-state index is 11.6. The first-order chi connectivity index (χ1) is 8.26. The van der Waals surface area contributed by atoms with Gasteiger partial charge in [-0.05, 0) is 37.1 Å². The fourth-order valence-corrected chi connectivity index (χ4v) is 2.46. The molecule has 1 aromatic heterocycles. The molecule has 2 N–H and O–H groups in total. The summed E-state index contributed by atoms with van der Waals surface area (Å²) in [6, 6.07) is 4.26. The SMILES string of the molecule is CCC(CCO)NC(=O)CCCc1cccs1. The van der Waals surface area contributed by atoms with Gasteiger partial charge in [-0.25, -0.2) is 0 Å². The number of aryl methyl sites for hydroxylation is 1. The Morgan fingerprint density at radius 3 is 3.00 bits per heavy atom. The molecule has 1 aromatic rings. The summed E-state index contributed by atoms with van der Waals surface area (Å²) in [5.41, 5.74) is 0. The van der Waals surface area contributed by atoms with Crippen LogP contribution in [0.2, 0.25) is 0 Å². The highest BCUT2D eigenvalue weighted by Crippen LogP contribution is 2.11. The zero-order chi connectivity index (χ0) is 12.5. The van der Waals surface area contributed by atoms with Gasteiger partial charge in [0.15, 0.2) is 0 Å². The smallest absolute Gasteiger partial charge is 0.220 e. The van der Waals surface area contributed by atoms with Crippen molar-refractivity contribution in [3.05, 3.63) is 22.4 Å². The Balaban J connectivity index is 2.16. The average molecular weight is 255 g/mol. The summed E-state index contributed by atoms with van der Waals surface area (Å²) >= 11 is 1.74. The van der Waals surface area contributed by atoms with Crippen LogP contribution < -0.4 is 5.32 Å². The monoisotopic (exact) mass is 255 g/mol. The number of aliphatic hydroxyl groups is 1. The second-order valence-electron chi connectivity index (χ2n) is 4.12. The number of amides is 1. The number of carbonyl (C=O) groups excluding carboxylic acids is 1. The molecule has 0 aliphatic heterocycles. The summed E-state index contributed by atoms with van der Waals surface area (Å²) in [4.78, 5) is 13.0. The van der Waals surface area contributed by atoms with Crippen LogP contribution in [0, 0.1) is 0 Å². The zero-order valence-corrected chi connectivity index (χ0v) is 11.1. The number of carbonyl (C=O) groups is 1. The Kier molecular flexibility index (Phi) is 6.89. The fourth-order valence-electron chi connectivity index (χ4n) is 1.71. The van der Waals surface area contributed by atoms with Gasteiger partial charge in [-0.1, -0.05) is 13.0 Å². The Labute approximate surface area is 107 Å². The van der Waals surface area contributed by atoms with Gasteiger partial charge < -0.3 is 10.4 Å². The van der Waals surface area contributed by atoms with Gasteiger partial charge in [0, 0.05) is 23.9 Å². The molecule has 0 fully saturated rings. The molecule has 96 valence electrons. The number of aliphatic hydroxyl groups excluding tert-OH is 1. The highest BCUT2D eigenvalue weighted by Gasteiger charge is 2.09. The van der Waals surface area contributed by atoms with E-state index < -0.39 is 0 Å². The molecule has 3 nitrogen and oxygen atoms in total. The average Bonchev–Trinajstić information content (AvgIpc) is 2.81. The minimum absolute atomic E-state index is 0.0989. The summed E-state index contributed by atoms with van der Waals surface area (Å²) in [6.07, 6.45) is 3.95. The third-order valence-electron chi connectivity index (χ3n) is 2.74. The van der Waals surface area contributed by atoms with E-state index >= 15 is 0 Å². The van der Waals surface area contributed by atoms with E-state index in [1.54, 1.807) is 11.3 Å². The molecule has 1 atom stereocenters. The van der Waals surface area contributed by atoms with E-state index in [1.807, 2.05) is 13.0 Å². The first-order valence-corrected chi connectivity index (χ1v) is 7.06. The normalized spacial score (nSPS) is 12.4. The van der Waals surface area contributed by atoms with Crippen molar-refractivity contribution < 1.29 is 9.90 Å². The van der Waals surface area contributed by atoms with E-state index in [2.05, 4.69) is 16.8 Å². The van der Waals surface area contributed by atoms with Crippen LogP contribution in [0.4, 0.5) is 0 Å². The third-order valence-corrected chi connectivity index (χ3v) is 3.68. The molecule has 1 unspecified atom stereocenters. The maximum absolute atomic E-state index is 11.6. The van der Waals surface area contributed by atoms with Crippen LogP contribution in [-0.2, 0) is 11.2 Å². The first kappa shape index (κ1) is 14.2. The van der Waals surface area contributed by atoms with Crippen molar-refractivity contribution in [2.75, 3.05) is 6.61 Å². The predicted octanol–water partition coefficient (Wildman–Crippen LogP) is 2.35. The van der Waals surface area contributed by atoms with Crippen LogP contribution in [0.1, 0.15) is 37.5 Å². The molecule has 17 heavy (non-hydrogen) atoms. The van der Waals surface area contributed by atoms with Gasteiger partial charge in [-0.15, -0.1) is 11.3 Å². The molecular weight excluding hydrogens is 234 g/mol. The fraction of sp³-hybridized carbons (Fsp3) is 0.615. The minimum atomic E-state index is 0.0989. The first-order valence-electron chi connectivity index (χ1n) is 6.18. The van der Waals surface area contributed by atoms with Crippen molar-refractivity contribution in [1.82, 2.24) is 5.32 Å². The van der Waals surface area contributed by atoms with Crippen molar-refractivity contribution in [3.63, 3.8) is 0 Å². The van der Waals surface area contributed by atoms with Gasteiger partial charge >= 0.3 is 0 Å². The van der Waals surface area contributed by atoms with Crippen molar-refractivity contribution in [2.45, 2.75) is 45.1 Å². The summed E-state index contributed by atoms with van der Waals surface area (Å²) in [6.45, 7) is 2.15. The van der Waals surface area contributed by atoms with Gasteiger partial charge in [0.05, 0.1) is 0 Å². The lowest BCUT2D eigenvalue weighted by molar-refractivity contribution is -0.122. The maximum Gasteiger partial charge on any atom is 0.220 e. The Bertz CT molecular complexity index is 311. The third kappa shape index (κ3) is 5.84. The van der Waals surface area contributed by atoms with Gasteiger partial charge in [0.1, 0.15) is 0 Å². The van der Waals surface area contributed by atoms with Crippen molar-refractivity contribution in [3.8, 4) is 0 Å². The lowest BCUT2D eigenvalue weighted by Gasteiger charge is -2.15. The van der Waals surface area contributed by atoms with E-state index in [-0.39, 0.29) is 18.6 Å². The van der Waals surface area contributed by atoms with E-state index in [0.29, 0.717) is 12.8 Å². The Morgan fingerprint density at radius 2 is 2.41 bits per heavy atom. The summed E-state index contributed by atoms with van der Waals surface area (Å²) in [5.74, 6) is 0.0989. The highest BCUT2D eigenvalue weighted by atomic mass is 32.1. The minimum Gasteiger partial charge on any atom is -0.396 e. The number of thiophene rings is 1. The number of hydrogen-bond donors (Lipinski definition) is 2. The second-order valence-corrected chi connectivity index (χ2v) is 5.15. The molecular formula is C13H21NO2S. The Morgan fingerprint density at radius 1 is 1.59 bits per heavy atom. The molecule has 0 radical (unpaired) electrons. The molecule has 0 saturated heterocycles. The number of rotatable bonds is 8. The predicted molar refractivity (Wildman–Crippen MR) is 71.2 cm³/mol. The molecule has 0 saturated carbocycles. The van der Waals surface area contributed by atoms with Gasteiger partial charge in [0.25, 0.3) is 0 Å². The summed E-state index contributed by atoms with van der Waals surface area (Å²) < 4.78 is 0. The van der Waals surface area contributed by atoms with Crippen LogP contribution in [0.25, 0.3) is 0 Å². The van der Waals surface area contributed by atoms with E-state index in [0.717, 1.165) is 19.3 Å². The lowest BCUT2D eigenvalue weighted by Crippen LogP contribution is -2.34. The molecule has 1 heterocycles. The number of nitrogens with one attached hydrogen (secondary N) is 1. The molecule has 0 bridgehead atoms. The van der Waals surface area contributed by atoms with Crippen molar-refractivity contribution in [2.24, 2.45) is 0 Å². The van der Waals surface area contributed by atoms with Crippen molar-refractivity contribution >= 4 is 17.2 Å². The van der Waals surface area contributed by atoms with Gasteiger partial charge in [-0.2, -0.15) is 0 Å². The summed E-state index contributed by atoms with van der Waals surface area (Å²) in [5, 5.41) is 13.8. The number of hydrogen-bond acceptors (Lipinski definition) is 3. The molecule has 0 aliphatic carbocycles. The van der Waals surface area contributed by atoms with E-state index in [9.17, 15) is 4.79 Å². The molecule has 0 aliphatic rings. The highest BCUT2D eigenvalue weighted by molar-refractivity contribution is 7.09. The molecule has 0 aromatic carbocycles. The van der Waals surface area contributed by atoms with E-state index in [1.165, 1.54) is 4.88 Å². The molecule has 1 rings (SSSR count). The van der Waals surface area contributed by atoms with Crippen LogP contribution in [0.15, 0.2) is 17.5 Å². The molecule has 0 spiro atoms. The van der Waals surface area contributed by atoms with Crippen LogP contribution in [-0.4, -0.2) is 23.7 Å². The largest absolute Gasteiger partial charge is 0.396 e.